The van der Waals surface area contributed by atoms with Crippen molar-refractivity contribution in [1.29, 1.82) is 0 Å². The molecule has 4 heteroatoms. The summed E-state index contributed by atoms with van der Waals surface area (Å²) in [5.74, 6) is -0.465. The maximum absolute atomic E-state index is 10.7. The van der Waals surface area contributed by atoms with Crippen LogP contribution in [-0.2, 0) is 9.59 Å². The van der Waals surface area contributed by atoms with Gasteiger partial charge in [-0.05, 0) is 6.42 Å². The van der Waals surface area contributed by atoms with E-state index in [2.05, 4.69) is 5.32 Å². The number of nitrogens with two attached hydrogens (primary N) is 1. The molecule has 0 spiro atoms. The highest BCUT2D eigenvalue weighted by molar-refractivity contribution is 5.96. The second-order valence-electron chi connectivity index (χ2n) is 2.47. The third-order valence-corrected chi connectivity index (χ3v) is 1.47. The van der Waals surface area contributed by atoms with Gasteiger partial charge in [0.2, 0.25) is 11.8 Å². The van der Waals surface area contributed by atoms with E-state index < -0.39 is 0 Å². The Balaban J connectivity index is 2.54. The Morgan fingerprint density at radius 2 is 2.10 bits per heavy atom. The normalized spacial score (nSPS) is 27.5. The molecule has 1 unspecified atom stereocenters. The molecule has 2 amide bonds. The topological polar surface area (TPSA) is 72.2 Å². The standard InChI is InChI=1S/C6H10N2O2/c7-4-1-2-5(9)8-6(10)3-4/h4H,1-3,7H2,(H,8,9,10). The molecular weight excluding hydrogens is 132 g/mol. The molecule has 1 atom stereocenters. The maximum Gasteiger partial charge on any atom is 0.228 e. The van der Waals surface area contributed by atoms with Gasteiger partial charge in [0.15, 0.2) is 0 Å². The molecule has 1 fully saturated rings. The molecule has 10 heavy (non-hydrogen) atoms. The van der Waals surface area contributed by atoms with Gasteiger partial charge < -0.3 is 5.73 Å². The van der Waals surface area contributed by atoms with Gasteiger partial charge in [-0.3, -0.25) is 14.9 Å². The SMILES string of the molecule is NC1CCC(=O)NC(=O)C1. The number of hydrogen-bond donors (Lipinski definition) is 2. The van der Waals surface area contributed by atoms with Crippen molar-refractivity contribution in [2.45, 2.75) is 25.3 Å². The predicted octanol–water partition coefficient (Wildman–Crippen LogP) is -0.860. The molecule has 1 heterocycles. The first-order valence-electron chi connectivity index (χ1n) is 3.27. The highest BCUT2D eigenvalue weighted by Crippen LogP contribution is 2.03. The van der Waals surface area contributed by atoms with Crippen molar-refractivity contribution in [3.05, 3.63) is 0 Å². The van der Waals surface area contributed by atoms with Gasteiger partial charge in [0.1, 0.15) is 0 Å². The summed E-state index contributed by atoms with van der Waals surface area (Å²) in [5, 5.41) is 2.21. The fourth-order valence-corrected chi connectivity index (χ4v) is 0.926. The van der Waals surface area contributed by atoms with Crippen LogP contribution in [0.4, 0.5) is 0 Å². The minimum Gasteiger partial charge on any atom is -0.327 e. The van der Waals surface area contributed by atoms with Crippen LogP contribution in [0.2, 0.25) is 0 Å². The predicted molar refractivity (Wildman–Crippen MR) is 35.0 cm³/mol. The van der Waals surface area contributed by atoms with Crippen LogP contribution >= 0.6 is 0 Å². The molecule has 1 saturated heterocycles. The second kappa shape index (κ2) is 2.79. The summed E-state index contributed by atoms with van der Waals surface area (Å²) in [6, 6.07) is -0.147. The molecule has 4 nitrogen and oxygen atoms in total. The van der Waals surface area contributed by atoms with Crippen LogP contribution in [0.15, 0.2) is 0 Å². The van der Waals surface area contributed by atoms with Crippen LogP contribution in [0.25, 0.3) is 0 Å². The van der Waals surface area contributed by atoms with E-state index in [4.69, 9.17) is 5.73 Å². The smallest absolute Gasteiger partial charge is 0.228 e. The zero-order chi connectivity index (χ0) is 7.56. The van der Waals surface area contributed by atoms with E-state index >= 15 is 0 Å². The van der Waals surface area contributed by atoms with Crippen LogP contribution in [0.5, 0.6) is 0 Å². The van der Waals surface area contributed by atoms with Gasteiger partial charge in [0.25, 0.3) is 0 Å². The molecule has 0 aromatic heterocycles. The van der Waals surface area contributed by atoms with Crippen LogP contribution < -0.4 is 11.1 Å². The van der Waals surface area contributed by atoms with Gasteiger partial charge in [0.05, 0.1) is 0 Å². The zero-order valence-electron chi connectivity index (χ0n) is 5.59. The number of nitrogens with one attached hydrogen (secondary N) is 1. The van der Waals surface area contributed by atoms with Crippen LogP contribution in [0, 0.1) is 0 Å². The highest BCUT2D eigenvalue weighted by atomic mass is 16.2. The van der Waals surface area contributed by atoms with E-state index in [9.17, 15) is 9.59 Å². The van der Waals surface area contributed by atoms with Crippen LogP contribution in [0.3, 0.4) is 0 Å². The average molecular weight is 142 g/mol. The number of carbonyl (C=O) groups excluding carboxylic acids is 2. The number of rotatable bonds is 0. The van der Waals surface area contributed by atoms with E-state index in [0.717, 1.165) is 0 Å². The Labute approximate surface area is 58.8 Å². The maximum atomic E-state index is 10.7. The molecule has 0 aromatic rings. The van der Waals surface area contributed by atoms with Gasteiger partial charge in [-0.25, -0.2) is 0 Å². The summed E-state index contributed by atoms with van der Waals surface area (Å²) >= 11 is 0. The summed E-state index contributed by atoms with van der Waals surface area (Å²) in [4.78, 5) is 21.3. The highest BCUT2D eigenvalue weighted by Gasteiger charge is 2.17. The molecule has 3 N–H and O–H groups in total. The molecule has 0 radical (unpaired) electrons. The molecule has 1 aliphatic rings. The molecule has 1 rings (SSSR count). The minimum atomic E-state index is -0.255. The molecule has 0 aliphatic carbocycles. The summed E-state index contributed by atoms with van der Waals surface area (Å²) in [6.07, 6.45) is 1.25. The molecule has 0 aromatic carbocycles. The number of carbonyl (C=O) groups is 2. The summed E-state index contributed by atoms with van der Waals surface area (Å²) in [7, 11) is 0. The van der Waals surface area contributed by atoms with E-state index in [-0.39, 0.29) is 24.3 Å². The van der Waals surface area contributed by atoms with Crippen LogP contribution in [0.1, 0.15) is 19.3 Å². The molecular formula is C6H10N2O2. The van der Waals surface area contributed by atoms with Crippen molar-refractivity contribution < 1.29 is 9.59 Å². The van der Waals surface area contributed by atoms with Gasteiger partial charge in [-0.15, -0.1) is 0 Å². The Kier molecular flexibility index (Phi) is 2.01. The van der Waals surface area contributed by atoms with Crippen molar-refractivity contribution in [2.75, 3.05) is 0 Å². The van der Waals surface area contributed by atoms with Gasteiger partial charge in [-0.2, -0.15) is 0 Å². The van der Waals surface area contributed by atoms with Crippen LogP contribution in [-0.4, -0.2) is 17.9 Å². The summed E-state index contributed by atoms with van der Waals surface area (Å²) in [6.45, 7) is 0. The number of imide groups is 1. The Morgan fingerprint density at radius 1 is 1.40 bits per heavy atom. The molecule has 0 saturated carbocycles. The minimum absolute atomic E-state index is 0.147. The van der Waals surface area contributed by atoms with Crippen molar-refractivity contribution in [3.8, 4) is 0 Å². The molecule has 56 valence electrons. The van der Waals surface area contributed by atoms with E-state index in [1.54, 1.807) is 0 Å². The Hall–Kier alpha value is -0.900. The average Bonchev–Trinajstić information content (AvgIpc) is 1.93. The molecule has 0 bridgehead atoms. The van der Waals surface area contributed by atoms with E-state index in [1.807, 2.05) is 0 Å². The van der Waals surface area contributed by atoms with Crippen molar-refractivity contribution in [2.24, 2.45) is 5.73 Å². The van der Waals surface area contributed by atoms with E-state index in [0.29, 0.717) is 12.8 Å². The van der Waals surface area contributed by atoms with Gasteiger partial charge in [-0.1, -0.05) is 0 Å². The lowest BCUT2D eigenvalue weighted by Gasteiger charge is -2.01. The third kappa shape index (κ3) is 1.80. The monoisotopic (exact) mass is 142 g/mol. The van der Waals surface area contributed by atoms with E-state index in [1.165, 1.54) is 0 Å². The number of hydrogen-bond acceptors (Lipinski definition) is 3. The van der Waals surface area contributed by atoms with Crippen molar-refractivity contribution in [1.82, 2.24) is 5.32 Å². The molecule has 1 aliphatic heterocycles. The first kappa shape index (κ1) is 7.21. The van der Waals surface area contributed by atoms with Gasteiger partial charge >= 0.3 is 0 Å². The first-order valence-corrected chi connectivity index (χ1v) is 3.27. The second-order valence-corrected chi connectivity index (χ2v) is 2.47. The fourth-order valence-electron chi connectivity index (χ4n) is 0.926. The van der Waals surface area contributed by atoms with Crippen molar-refractivity contribution >= 4 is 11.8 Å². The lowest BCUT2D eigenvalue weighted by molar-refractivity contribution is -0.129. The quantitative estimate of drug-likeness (QED) is 0.432. The number of amides is 2. The Morgan fingerprint density at radius 3 is 2.80 bits per heavy atom. The summed E-state index contributed by atoms with van der Waals surface area (Å²) in [5.41, 5.74) is 5.47. The fraction of sp³-hybridized carbons (Fsp3) is 0.667. The zero-order valence-corrected chi connectivity index (χ0v) is 5.59. The summed E-state index contributed by atoms with van der Waals surface area (Å²) < 4.78 is 0. The van der Waals surface area contributed by atoms with Gasteiger partial charge in [0, 0.05) is 18.9 Å². The third-order valence-electron chi connectivity index (χ3n) is 1.47. The Bertz CT molecular complexity index is 167. The van der Waals surface area contributed by atoms with Crippen molar-refractivity contribution in [3.63, 3.8) is 0 Å². The largest absolute Gasteiger partial charge is 0.327 e. The lowest BCUT2D eigenvalue weighted by Crippen LogP contribution is -2.29. The lowest BCUT2D eigenvalue weighted by atomic mass is 10.1. The first-order chi connectivity index (χ1) is 4.68.